The summed E-state index contributed by atoms with van der Waals surface area (Å²) in [6.45, 7) is 9.94. The Morgan fingerprint density at radius 2 is 2.17 bits per heavy atom. The minimum atomic E-state index is 0.753. The van der Waals surface area contributed by atoms with Gasteiger partial charge in [0.2, 0.25) is 0 Å². The van der Waals surface area contributed by atoms with Crippen LogP contribution in [0.5, 0.6) is 0 Å². The Morgan fingerprint density at radius 3 is 2.83 bits per heavy atom. The van der Waals surface area contributed by atoms with E-state index >= 15 is 0 Å². The number of nitrogens with zero attached hydrogens (tertiary/aromatic N) is 1. The van der Waals surface area contributed by atoms with Gasteiger partial charge in [-0.2, -0.15) is 0 Å². The zero-order valence-electron chi connectivity index (χ0n) is 12.0. The SMILES string of the molecule is CCNCc1ccc(N2CCCC2CC)c(C)c1. The lowest BCUT2D eigenvalue weighted by Gasteiger charge is -2.28. The van der Waals surface area contributed by atoms with E-state index in [2.05, 4.69) is 49.2 Å². The van der Waals surface area contributed by atoms with E-state index in [-0.39, 0.29) is 0 Å². The van der Waals surface area contributed by atoms with Gasteiger partial charge in [-0.3, -0.25) is 0 Å². The van der Waals surface area contributed by atoms with Gasteiger partial charge in [0.25, 0.3) is 0 Å². The molecule has 2 nitrogen and oxygen atoms in total. The van der Waals surface area contributed by atoms with Crippen molar-refractivity contribution in [3.05, 3.63) is 29.3 Å². The summed E-state index contributed by atoms with van der Waals surface area (Å²) in [5, 5.41) is 3.39. The molecule has 1 unspecified atom stereocenters. The van der Waals surface area contributed by atoms with Crippen LogP contribution in [-0.2, 0) is 6.54 Å². The quantitative estimate of drug-likeness (QED) is 0.855. The maximum atomic E-state index is 3.39. The third-order valence-electron chi connectivity index (χ3n) is 4.00. The van der Waals surface area contributed by atoms with Gasteiger partial charge >= 0.3 is 0 Å². The molecule has 0 bridgehead atoms. The number of hydrogen-bond acceptors (Lipinski definition) is 2. The predicted octanol–water partition coefficient (Wildman–Crippen LogP) is 3.48. The Labute approximate surface area is 111 Å². The molecule has 18 heavy (non-hydrogen) atoms. The number of hydrogen-bond donors (Lipinski definition) is 1. The van der Waals surface area contributed by atoms with E-state index in [0.29, 0.717) is 0 Å². The molecule has 0 aliphatic carbocycles. The van der Waals surface area contributed by atoms with Crippen molar-refractivity contribution in [3.63, 3.8) is 0 Å². The molecule has 1 aliphatic heterocycles. The number of rotatable bonds is 5. The van der Waals surface area contributed by atoms with Gasteiger partial charge in [0.1, 0.15) is 0 Å². The molecule has 1 aliphatic rings. The molecule has 2 heteroatoms. The Balaban J connectivity index is 2.14. The van der Waals surface area contributed by atoms with Crippen molar-refractivity contribution in [2.24, 2.45) is 0 Å². The summed E-state index contributed by atoms with van der Waals surface area (Å²) in [6, 6.07) is 7.68. The maximum Gasteiger partial charge on any atom is 0.0398 e. The molecule has 100 valence electrons. The van der Waals surface area contributed by atoms with Crippen LogP contribution in [-0.4, -0.2) is 19.1 Å². The molecule has 0 spiro atoms. The number of nitrogens with one attached hydrogen (secondary N) is 1. The molecule has 0 saturated carbocycles. The largest absolute Gasteiger partial charge is 0.368 e. The molecule has 1 aromatic rings. The standard InChI is InChI=1S/C16H26N2/c1-4-15-7-6-10-18(15)16-9-8-14(11-13(16)3)12-17-5-2/h8-9,11,15,17H,4-7,10,12H2,1-3H3. The average Bonchev–Trinajstić information content (AvgIpc) is 2.84. The third kappa shape index (κ3) is 2.86. The normalized spacial score (nSPS) is 19.5. The van der Waals surface area contributed by atoms with Crippen LogP contribution in [0.15, 0.2) is 18.2 Å². The van der Waals surface area contributed by atoms with E-state index in [9.17, 15) is 0 Å². The molecule has 0 aromatic heterocycles. The highest BCUT2D eigenvalue weighted by atomic mass is 15.2. The van der Waals surface area contributed by atoms with Gasteiger partial charge in [-0.15, -0.1) is 0 Å². The molecule has 1 fully saturated rings. The van der Waals surface area contributed by atoms with E-state index in [0.717, 1.165) is 19.1 Å². The smallest absolute Gasteiger partial charge is 0.0398 e. The van der Waals surface area contributed by atoms with Crippen molar-refractivity contribution < 1.29 is 0 Å². The number of aryl methyl sites for hydroxylation is 1. The van der Waals surface area contributed by atoms with Crippen LogP contribution < -0.4 is 10.2 Å². The Bertz CT molecular complexity index is 387. The first-order valence-corrected chi connectivity index (χ1v) is 7.33. The second-order valence-electron chi connectivity index (χ2n) is 5.30. The summed E-state index contributed by atoms with van der Waals surface area (Å²) in [6.07, 6.45) is 3.96. The fourth-order valence-corrected chi connectivity index (χ4v) is 3.00. The van der Waals surface area contributed by atoms with Crippen molar-refractivity contribution in [2.75, 3.05) is 18.0 Å². The minimum absolute atomic E-state index is 0.753. The molecule has 1 N–H and O–H groups in total. The van der Waals surface area contributed by atoms with Crippen molar-refractivity contribution in [1.29, 1.82) is 0 Å². The van der Waals surface area contributed by atoms with Crippen LogP contribution in [0.4, 0.5) is 5.69 Å². The zero-order valence-corrected chi connectivity index (χ0v) is 12.0. The lowest BCUT2D eigenvalue weighted by Crippen LogP contribution is -2.29. The van der Waals surface area contributed by atoms with Crippen molar-refractivity contribution in [1.82, 2.24) is 5.32 Å². The molecule has 0 amide bonds. The molecular formula is C16H26N2. The van der Waals surface area contributed by atoms with Gasteiger partial charge in [-0.25, -0.2) is 0 Å². The Hall–Kier alpha value is -1.02. The van der Waals surface area contributed by atoms with Crippen LogP contribution >= 0.6 is 0 Å². The minimum Gasteiger partial charge on any atom is -0.368 e. The number of anilines is 1. The Kier molecular flexibility index (Phi) is 4.65. The topological polar surface area (TPSA) is 15.3 Å². The highest BCUT2D eigenvalue weighted by molar-refractivity contribution is 5.56. The van der Waals surface area contributed by atoms with Gasteiger partial charge in [0, 0.05) is 24.8 Å². The summed E-state index contributed by atoms with van der Waals surface area (Å²) in [7, 11) is 0. The summed E-state index contributed by atoms with van der Waals surface area (Å²) in [4.78, 5) is 2.60. The summed E-state index contributed by atoms with van der Waals surface area (Å²) in [5.74, 6) is 0. The average molecular weight is 246 g/mol. The molecule has 1 heterocycles. The molecule has 1 atom stereocenters. The molecule has 1 saturated heterocycles. The second kappa shape index (κ2) is 6.24. The first kappa shape index (κ1) is 13.4. The third-order valence-corrected chi connectivity index (χ3v) is 4.00. The molecule has 0 radical (unpaired) electrons. The lowest BCUT2D eigenvalue weighted by atomic mass is 10.1. The van der Waals surface area contributed by atoms with Crippen molar-refractivity contribution in [2.45, 2.75) is 52.6 Å². The Morgan fingerprint density at radius 1 is 1.33 bits per heavy atom. The predicted molar refractivity (Wildman–Crippen MR) is 79.2 cm³/mol. The maximum absolute atomic E-state index is 3.39. The van der Waals surface area contributed by atoms with Crippen molar-refractivity contribution in [3.8, 4) is 0 Å². The van der Waals surface area contributed by atoms with Gasteiger partial charge in [0.05, 0.1) is 0 Å². The van der Waals surface area contributed by atoms with E-state index in [1.165, 1.54) is 42.6 Å². The van der Waals surface area contributed by atoms with Gasteiger partial charge in [-0.1, -0.05) is 26.0 Å². The van der Waals surface area contributed by atoms with Gasteiger partial charge in [0.15, 0.2) is 0 Å². The van der Waals surface area contributed by atoms with Crippen LogP contribution in [0.3, 0.4) is 0 Å². The van der Waals surface area contributed by atoms with Crippen LogP contribution in [0.2, 0.25) is 0 Å². The van der Waals surface area contributed by atoms with E-state index in [4.69, 9.17) is 0 Å². The first-order chi connectivity index (χ1) is 8.76. The van der Waals surface area contributed by atoms with Gasteiger partial charge < -0.3 is 10.2 Å². The molecule has 2 rings (SSSR count). The highest BCUT2D eigenvalue weighted by Gasteiger charge is 2.23. The lowest BCUT2D eigenvalue weighted by molar-refractivity contribution is 0.644. The molecular weight excluding hydrogens is 220 g/mol. The van der Waals surface area contributed by atoms with E-state index < -0.39 is 0 Å². The summed E-state index contributed by atoms with van der Waals surface area (Å²) in [5.41, 5.74) is 4.26. The number of benzene rings is 1. The summed E-state index contributed by atoms with van der Waals surface area (Å²) < 4.78 is 0. The fourth-order valence-electron chi connectivity index (χ4n) is 3.00. The zero-order chi connectivity index (χ0) is 13.0. The monoisotopic (exact) mass is 246 g/mol. The van der Waals surface area contributed by atoms with Crippen LogP contribution in [0.25, 0.3) is 0 Å². The van der Waals surface area contributed by atoms with Gasteiger partial charge in [-0.05, 0) is 49.9 Å². The van der Waals surface area contributed by atoms with Crippen LogP contribution in [0.1, 0.15) is 44.2 Å². The highest BCUT2D eigenvalue weighted by Crippen LogP contribution is 2.30. The van der Waals surface area contributed by atoms with E-state index in [1.807, 2.05) is 0 Å². The summed E-state index contributed by atoms with van der Waals surface area (Å²) >= 11 is 0. The van der Waals surface area contributed by atoms with Crippen LogP contribution in [0, 0.1) is 6.92 Å². The van der Waals surface area contributed by atoms with E-state index in [1.54, 1.807) is 0 Å². The fraction of sp³-hybridized carbons (Fsp3) is 0.625. The first-order valence-electron chi connectivity index (χ1n) is 7.33. The van der Waals surface area contributed by atoms with Crippen molar-refractivity contribution >= 4 is 5.69 Å². The second-order valence-corrected chi connectivity index (χ2v) is 5.30. The molecule has 1 aromatic carbocycles.